The van der Waals surface area contributed by atoms with Gasteiger partial charge in [0.15, 0.2) is 0 Å². The van der Waals surface area contributed by atoms with Crippen LogP contribution in [0.4, 0.5) is 0 Å². The minimum atomic E-state index is -3.02. The lowest BCUT2D eigenvalue weighted by Crippen LogP contribution is -2.47. The predicted molar refractivity (Wildman–Crippen MR) is 58.5 cm³/mol. The average Bonchev–Trinajstić information content (AvgIpc) is 2.31. The quantitative estimate of drug-likeness (QED) is 0.270. The standard InChI is InChI=1S/C9H18O6Si/c1-5-6-9(10)14-7-8-15-16(11-2,12-3)13-4/h5-6H,7-8H2,1-4H3. The average molecular weight is 250 g/mol. The highest BCUT2D eigenvalue weighted by Gasteiger charge is 2.42. The van der Waals surface area contributed by atoms with E-state index < -0.39 is 15.0 Å². The third-order valence-electron chi connectivity index (χ3n) is 1.66. The smallest absolute Gasteiger partial charge is 0.460 e. The van der Waals surface area contributed by atoms with Crippen molar-refractivity contribution in [2.45, 2.75) is 6.92 Å². The molecule has 6 nitrogen and oxygen atoms in total. The third kappa shape index (κ3) is 5.38. The van der Waals surface area contributed by atoms with Crippen LogP contribution in [0, 0.1) is 0 Å². The summed E-state index contributed by atoms with van der Waals surface area (Å²) in [4.78, 5) is 10.9. The van der Waals surface area contributed by atoms with Crippen molar-refractivity contribution in [3.63, 3.8) is 0 Å². The number of allylic oxidation sites excluding steroid dienone is 1. The largest absolute Gasteiger partial charge is 0.679 e. The molecule has 0 saturated heterocycles. The van der Waals surface area contributed by atoms with Crippen molar-refractivity contribution in [2.24, 2.45) is 0 Å². The van der Waals surface area contributed by atoms with Gasteiger partial charge in [0.05, 0.1) is 6.61 Å². The van der Waals surface area contributed by atoms with E-state index in [1.807, 2.05) is 0 Å². The van der Waals surface area contributed by atoms with E-state index in [1.54, 1.807) is 13.0 Å². The molecule has 0 aromatic carbocycles. The van der Waals surface area contributed by atoms with E-state index in [0.717, 1.165) is 0 Å². The monoisotopic (exact) mass is 250 g/mol. The Bertz CT molecular complexity index is 218. The molecule has 0 atom stereocenters. The zero-order chi connectivity index (χ0) is 12.4. The summed E-state index contributed by atoms with van der Waals surface area (Å²) in [5, 5.41) is 0. The maximum absolute atomic E-state index is 10.9. The lowest BCUT2D eigenvalue weighted by Gasteiger charge is -2.22. The summed E-state index contributed by atoms with van der Waals surface area (Å²) in [6, 6.07) is 0. The molecule has 7 heteroatoms. The molecule has 0 aromatic rings. The highest BCUT2D eigenvalue weighted by atomic mass is 28.4. The molecule has 0 bridgehead atoms. The third-order valence-corrected chi connectivity index (χ3v) is 3.72. The fourth-order valence-corrected chi connectivity index (χ4v) is 2.11. The van der Waals surface area contributed by atoms with Crippen LogP contribution in [-0.4, -0.2) is 49.6 Å². The first-order chi connectivity index (χ1) is 7.64. The molecule has 0 aromatic heterocycles. The van der Waals surface area contributed by atoms with E-state index >= 15 is 0 Å². The van der Waals surface area contributed by atoms with Crippen LogP contribution < -0.4 is 0 Å². The molecular weight excluding hydrogens is 232 g/mol. The van der Waals surface area contributed by atoms with Gasteiger partial charge in [-0.05, 0) is 6.92 Å². The molecule has 16 heavy (non-hydrogen) atoms. The van der Waals surface area contributed by atoms with Gasteiger partial charge in [-0.15, -0.1) is 0 Å². The minimum Gasteiger partial charge on any atom is -0.460 e. The fraction of sp³-hybridized carbons (Fsp3) is 0.667. The maximum Gasteiger partial charge on any atom is 0.679 e. The molecule has 0 aliphatic carbocycles. The summed E-state index contributed by atoms with van der Waals surface area (Å²) in [6.07, 6.45) is 2.93. The van der Waals surface area contributed by atoms with E-state index in [-0.39, 0.29) is 13.2 Å². The number of rotatable bonds is 8. The van der Waals surface area contributed by atoms with Gasteiger partial charge >= 0.3 is 15.0 Å². The number of hydrogen-bond acceptors (Lipinski definition) is 6. The Morgan fingerprint density at radius 3 is 2.12 bits per heavy atom. The summed E-state index contributed by atoms with van der Waals surface area (Å²) < 4.78 is 25.1. The second kappa shape index (κ2) is 8.42. The van der Waals surface area contributed by atoms with Crippen LogP contribution in [0.3, 0.4) is 0 Å². The summed E-state index contributed by atoms with van der Waals surface area (Å²) in [7, 11) is 1.29. The summed E-state index contributed by atoms with van der Waals surface area (Å²) in [6.45, 7) is 2.01. The van der Waals surface area contributed by atoms with E-state index in [4.69, 9.17) is 22.4 Å². The summed E-state index contributed by atoms with van der Waals surface area (Å²) >= 11 is 0. The van der Waals surface area contributed by atoms with Gasteiger partial charge in [0.1, 0.15) is 6.61 Å². The minimum absolute atomic E-state index is 0.119. The van der Waals surface area contributed by atoms with Crippen LogP contribution in [0.15, 0.2) is 12.2 Å². The molecule has 0 rings (SSSR count). The summed E-state index contributed by atoms with van der Waals surface area (Å²) in [5.74, 6) is -0.411. The Morgan fingerprint density at radius 2 is 1.69 bits per heavy atom. The van der Waals surface area contributed by atoms with Crippen molar-refractivity contribution < 1.29 is 27.2 Å². The topological polar surface area (TPSA) is 63.2 Å². The Labute approximate surface area is 96.6 Å². The molecule has 0 unspecified atom stereocenters. The van der Waals surface area contributed by atoms with Gasteiger partial charge < -0.3 is 22.4 Å². The second-order valence-electron chi connectivity index (χ2n) is 2.63. The fourth-order valence-electron chi connectivity index (χ4n) is 0.920. The van der Waals surface area contributed by atoms with Crippen LogP contribution in [0.25, 0.3) is 0 Å². The normalized spacial score (nSPS) is 12.0. The Kier molecular flexibility index (Phi) is 8.04. The number of carbonyl (C=O) groups is 1. The van der Waals surface area contributed by atoms with Crippen molar-refractivity contribution in [2.75, 3.05) is 34.5 Å². The van der Waals surface area contributed by atoms with E-state index in [1.165, 1.54) is 27.4 Å². The molecule has 0 amide bonds. The second-order valence-corrected chi connectivity index (χ2v) is 5.14. The number of esters is 1. The van der Waals surface area contributed by atoms with Gasteiger partial charge in [0, 0.05) is 27.4 Å². The van der Waals surface area contributed by atoms with E-state index in [9.17, 15) is 4.79 Å². The lowest BCUT2D eigenvalue weighted by molar-refractivity contribution is -0.139. The Morgan fingerprint density at radius 1 is 1.12 bits per heavy atom. The van der Waals surface area contributed by atoms with Crippen LogP contribution >= 0.6 is 0 Å². The number of hydrogen-bond donors (Lipinski definition) is 0. The summed E-state index contributed by atoms with van der Waals surface area (Å²) in [5.41, 5.74) is 0. The van der Waals surface area contributed by atoms with Gasteiger partial charge in [0.2, 0.25) is 0 Å². The molecule has 94 valence electrons. The zero-order valence-electron chi connectivity index (χ0n) is 10.0. The molecule has 0 saturated carbocycles. The van der Waals surface area contributed by atoms with Crippen LogP contribution in [0.2, 0.25) is 0 Å². The van der Waals surface area contributed by atoms with Crippen molar-refractivity contribution in [3.8, 4) is 0 Å². The molecule has 0 N–H and O–H groups in total. The van der Waals surface area contributed by atoms with Crippen LogP contribution in [0.1, 0.15) is 6.92 Å². The predicted octanol–water partition coefficient (Wildman–Crippen LogP) is 0.497. The van der Waals surface area contributed by atoms with Crippen LogP contribution in [-0.2, 0) is 27.2 Å². The van der Waals surface area contributed by atoms with Gasteiger partial charge in [-0.25, -0.2) is 4.79 Å². The highest BCUT2D eigenvalue weighted by Crippen LogP contribution is 2.07. The Balaban J connectivity index is 3.83. The molecule has 0 spiro atoms. The molecular formula is C9H18O6Si. The van der Waals surface area contributed by atoms with Crippen LogP contribution in [0.5, 0.6) is 0 Å². The van der Waals surface area contributed by atoms with Gasteiger partial charge in [0.25, 0.3) is 0 Å². The Hall–Kier alpha value is -0.733. The number of ether oxygens (including phenoxy) is 1. The van der Waals surface area contributed by atoms with Gasteiger partial charge in [-0.1, -0.05) is 6.08 Å². The molecule has 0 fully saturated rings. The SMILES string of the molecule is CC=CC(=O)OCCO[Si](OC)(OC)OC. The highest BCUT2D eigenvalue weighted by molar-refractivity contribution is 6.53. The van der Waals surface area contributed by atoms with Gasteiger partial charge in [-0.2, -0.15) is 0 Å². The van der Waals surface area contributed by atoms with Crippen molar-refractivity contribution in [1.82, 2.24) is 0 Å². The van der Waals surface area contributed by atoms with Gasteiger partial charge in [-0.3, -0.25) is 0 Å². The first-order valence-electron chi connectivity index (χ1n) is 4.73. The first kappa shape index (κ1) is 15.3. The van der Waals surface area contributed by atoms with Crippen molar-refractivity contribution in [3.05, 3.63) is 12.2 Å². The first-order valence-corrected chi connectivity index (χ1v) is 6.36. The van der Waals surface area contributed by atoms with E-state index in [2.05, 4.69) is 0 Å². The van der Waals surface area contributed by atoms with Crippen molar-refractivity contribution >= 4 is 15.0 Å². The van der Waals surface area contributed by atoms with E-state index in [0.29, 0.717) is 0 Å². The number of carbonyl (C=O) groups excluding carboxylic acids is 1. The van der Waals surface area contributed by atoms with Crippen molar-refractivity contribution in [1.29, 1.82) is 0 Å². The zero-order valence-corrected chi connectivity index (χ0v) is 11.0. The molecule has 0 aliphatic heterocycles. The lowest BCUT2D eigenvalue weighted by atomic mass is 10.5. The molecule has 0 radical (unpaired) electrons. The molecule has 0 heterocycles. The molecule has 0 aliphatic rings. The maximum atomic E-state index is 10.9.